The first kappa shape index (κ1) is 21.9. The van der Waals surface area contributed by atoms with Gasteiger partial charge in [-0.1, -0.05) is 48.5 Å². The third-order valence-electron chi connectivity index (χ3n) is 7.03. The fourth-order valence-corrected chi connectivity index (χ4v) is 4.84. The topological polar surface area (TPSA) is 134 Å². The average molecular weight is 463 g/mol. The fourth-order valence-electron chi connectivity index (χ4n) is 4.84. The molecule has 34 heavy (non-hydrogen) atoms. The standard InChI is InChI=1S/C25H25N3O6/c29-21-20(18(11-26-21)22(30)31)28-23(32)25(9-10-25)13-27-24(33)34-12-19-16-7-3-1-5-14(16)15-6-2-4-8-17(15)19/h1-8,18-20H,9-13H2,(H,26,29)(H,27,33)(H,28,32)(H,30,31). The number of carboxylic acids is 1. The van der Waals surface area contributed by atoms with Gasteiger partial charge in [0.2, 0.25) is 11.8 Å². The number of aliphatic carboxylic acids is 1. The third kappa shape index (κ3) is 3.87. The lowest BCUT2D eigenvalue weighted by atomic mass is 9.98. The van der Waals surface area contributed by atoms with E-state index in [9.17, 15) is 24.3 Å². The van der Waals surface area contributed by atoms with Crippen molar-refractivity contribution in [3.63, 3.8) is 0 Å². The van der Waals surface area contributed by atoms with Gasteiger partial charge in [0.1, 0.15) is 18.6 Å². The highest BCUT2D eigenvalue weighted by molar-refractivity contribution is 5.96. The highest BCUT2D eigenvalue weighted by Gasteiger charge is 2.52. The molecule has 0 radical (unpaired) electrons. The Balaban J connectivity index is 1.17. The maximum Gasteiger partial charge on any atom is 0.407 e. The Hall–Kier alpha value is -3.88. The SMILES string of the molecule is O=C(NCC1(C(=O)NC2C(=O)NCC2C(=O)O)CC1)OCC1c2ccccc2-c2ccccc21. The van der Waals surface area contributed by atoms with Crippen molar-refractivity contribution in [3.8, 4) is 11.1 Å². The maximum absolute atomic E-state index is 12.8. The predicted octanol–water partition coefficient (Wildman–Crippen LogP) is 1.62. The molecule has 9 nitrogen and oxygen atoms in total. The van der Waals surface area contributed by atoms with Crippen LogP contribution in [0.2, 0.25) is 0 Å². The Morgan fingerprint density at radius 1 is 1.03 bits per heavy atom. The molecule has 0 spiro atoms. The number of fused-ring (bicyclic) bond motifs is 3. The lowest BCUT2D eigenvalue weighted by Gasteiger charge is -2.21. The Morgan fingerprint density at radius 3 is 2.24 bits per heavy atom. The van der Waals surface area contributed by atoms with Gasteiger partial charge in [0.25, 0.3) is 0 Å². The van der Waals surface area contributed by atoms with E-state index >= 15 is 0 Å². The number of hydrogen-bond donors (Lipinski definition) is 4. The summed E-state index contributed by atoms with van der Waals surface area (Å²) in [6, 6.07) is 15.0. The second-order valence-electron chi connectivity index (χ2n) is 9.10. The second-order valence-corrected chi connectivity index (χ2v) is 9.10. The van der Waals surface area contributed by atoms with Crippen molar-refractivity contribution in [2.45, 2.75) is 24.8 Å². The zero-order valence-corrected chi connectivity index (χ0v) is 18.4. The van der Waals surface area contributed by atoms with Crippen molar-refractivity contribution >= 4 is 23.9 Å². The van der Waals surface area contributed by atoms with Crippen LogP contribution in [0, 0.1) is 11.3 Å². The van der Waals surface area contributed by atoms with Gasteiger partial charge < -0.3 is 25.8 Å². The second kappa shape index (κ2) is 8.48. The van der Waals surface area contributed by atoms with Gasteiger partial charge >= 0.3 is 12.1 Å². The molecule has 1 saturated heterocycles. The Morgan fingerprint density at radius 2 is 1.65 bits per heavy atom. The molecule has 2 unspecified atom stereocenters. The van der Waals surface area contributed by atoms with Gasteiger partial charge in [-0.25, -0.2) is 4.79 Å². The van der Waals surface area contributed by atoms with E-state index in [-0.39, 0.29) is 25.6 Å². The van der Waals surface area contributed by atoms with E-state index in [1.165, 1.54) is 0 Å². The number of carbonyl (C=O) groups is 4. The molecule has 0 bridgehead atoms. The molecule has 4 N–H and O–H groups in total. The summed E-state index contributed by atoms with van der Waals surface area (Å²) < 4.78 is 5.52. The molecule has 2 aromatic carbocycles. The Kier molecular flexibility index (Phi) is 5.47. The number of amides is 3. The number of alkyl carbamates (subject to hydrolysis) is 1. The number of nitrogens with one attached hydrogen (secondary N) is 3. The molecule has 1 saturated carbocycles. The smallest absolute Gasteiger partial charge is 0.407 e. The molecule has 0 aromatic heterocycles. The van der Waals surface area contributed by atoms with Crippen molar-refractivity contribution in [3.05, 3.63) is 59.7 Å². The van der Waals surface area contributed by atoms with Gasteiger partial charge in [0.05, 0.1) is 5.41 Å². The molecular formula is C25H25N3O6. The summed E-state index contributed by atoms with van der Waals surface area (Å²) in [6.07, 6.45) is 0.450. The molecule has 176 valence electrons. The zero-order valence-electron chi connectivity index (χ0n) is 18.4. The summed E-state index contributed by atoms with van der Waals surface area (Å²) >= 11 is 0. The fraction of sp³-hybridized carbons (Fsp3) is 0.360. The molecular weight excluding hydrogens is 438 g/mol. The molecule has 3 amide bonds. The van der Waals surface area contributed by atoms with Gasteiger partial charge in [0.15, 0.2) is 0 Å². The summed E-state index contributed by atoms with van der Waals surface area (Å²) in [5.41, 5.74) is 3.64. The molecule has 2 aliphatic carbocycles. The van der Waals surface area contributed by atoms with Crippen LogP contribution in [0.25, 0.3) is 11.1 Å². The van der Waals surface area contributed by atoms with Crippen LogP contribution in [0.1, 0.15) is 29.9 Å². The summed E-state index contributed by atoms with van der Waals surface area (Å²) in [5.74, 6) is -3.17. The van der Waals surface area contributed by atoms with Gasteiger partial charge in [-0.15, -0.1) is 0 Å². The number of benzene rings is 2. The first-order valence-corrected chi connectivity index (χ1v) is 11.3. The number of ether oxygens (including phenoxy) is 1. The van der Waals surface area contributed by atoms with Gasteiger partial charge in [-0.3, -0.25) is 14.4 Å². The van der Waals surface area contributed by atoms with Gasteiger partial charge in [-0.05, 0) is 35.1 Å². The van der Waals surface area contributed by atoms with Crippen LogP contribution < -0.4 is 16.0 Å². The quantitative estimate of drug-likeness (QED) is 0.493. The monoisotopic (exact) mass is 463 g/mol. The molecule has 5 rings (SSSR count). The molecule has 2 fully saturated rings. The summed E-state index contributed by atoms with van der Waals surface area (Å²) in [7, 11) is 0. The number of carbonyl (C=O) groups excluding carboxylic acids is 3. The number of hydrogen-bond acceptors (Lipinski definition) is 5. The van der Waals surface area contributed by atoms with Crippen molar-refractivity contribution < 1.29 is 29.0 Å². The van der Waals surface area contributed by atoms with Crippen LogP contribution >= 0.6 is 0 Å². The lowest BCUT2D eigenvalue weighted by Crippen LogP contribution is -2.50. The lowest BCUT2D eigenvalue weighted by molar-refractivity contribution is -0.143. The zero-order chi connectivity index (χ0) is 23.9. The minimum Gasteiger partial charge on any atom is -0.481 e. The average Bonchev–Trinajstić information content (AvgIpc) is 3.46. The van der Waals surface area contributed by atoms with Crippen LogP contribution in [0.4, 0.5) is 4.79 Å². The van der Waals surface area contributed by atoms with Crippen LogP contribution in [-0.4, -0.2) is 54.7 Å². The summed E-state index contributed by atoms with van der Waals surface area (Å²) in [4.78, 5) is 48.5. The van der Waals surface area contributed by atoms with Crippen LogP contribution in [0.5, 0.6) is 0 Å². The van der Waals surface area contributed by atoms with E-state index in [1.807, 2.05) is 36.4 Å². The van der Waals surface area contributed by atoms with E-state index in [1.54, 1.807) is 0 Å². The highest BCUT2D eigenvalue weighted by Crippen LogP contribution is 2.46. The number of carboxylic acid groups (broad SMARTS) is 1. The number of rotatable bonds is 7. The van der Waals surface area contributed by atoms with Gasteiger partial charge in [0, 0.05) is 19.0 Å². The molecule has 3 aliphatic rings. The molecule has 2 atom stereocenters. The summed E-state index contributed by atoms with van der Waals surface area (Å²) in [6.45, 7) is 0.202. The van der Waals surface area contributed by atoms with Crippen LogP contribution in [-0.2, 0) is 19.1 Å². The van der Waals surface area contributed by atoms with E-state index in [0.717, 1.165) is 22.3 Å². The normalized spacial score (nSPS) is 21.7. The van der Waals surface area contributed by atoms with Crippen molar-refractivity contribution in [2.24, 2.45) is 11.3 Å². The molecule has 1 aliphatic heterocycles. The first-order chi connectivity index (χ1) is 16.4. The minimum atomic E-state index is -1.15. The first-order valence-electron chi connectivity index (χ1n) is 11.3. The van der Waals surface area contributed by atoms with Crippen LogP contribution in [0.15, 0.2) is 48.5 Å². The molecule has 1 heterocycles. The van der Waals surface area contributed by atoms with Crippen molar-refractivity contribution in [1.29, 1.82) is 0 Å². The van der Waals surface area contributed by atoms with E-state index in [2.05, 4.69) is 28.1 Å². The maximum atomic E-state index is 12.8. The molecule has 9 heteroatoms. The van der Waals surface area contributed by atoms with Gasteiger partial charge in [-0.2, -0.15) is 0 Å². The van der Waals surface area contributed by atoms with Crippen molar-refractivity contribution in [1.82, 2.24) is 16.0 Å². The Bertz CT molecular complexity index is 1130. The molecule has 2 aromatic rings. The third-order valence-corrected chi connectivity index (χ3v) is 7.03. The van der Waals surface area contributed by atoms with E-state index < -0.39 is 41.3 Å². The summed E-state index contributed by atoms with van der Waals surface area (Å²) in [5, 5.41) is 17.0. The van der Waals surface area contributed by atoms with E-state index in [4.69, 9.17) is 4.74 Å². The van der Waals surface area contributed by atoms with E-state index in [0.29, 0.717) is 12.8 Å². The largest absolute Gasteiger partial charge is 0.481 e. The predicted molar refractivity (Wildman–Crippen MR) is 121 cm³/mol. The highest BCUT2D eigenvalue weighted by atomic mass is 16.5. The Labute approximate surface area is 195 Å². The van der Waals surface area contributed by atoms with Crippen LogP contribution in [0.3, 0.4) is 0 Å². The van der Waals surface area contributed by atoms with Crippen molar-refractivity contribution in [2.75, 3.05) is 19.7 Å². The minimum absolute atomic E-state index is 0.0237.